The zero-order valence-corrected chi connectivity index (χ0v) is 10.1. The van der Waals surface area contributed by atoms with E-state index in [0.717, 1.165) is 0 Å². The van der Waals surface area contributed by atoms with Crippen LogP contribution in [-0.2, 0) is 9.53 Å². The molecule has 0 saturated carbocycles. The third-order valence-corrected chi connectivity index (χ3v) is 2.82. The molecule has 1 aliphatic rings. The second-order valence-electron chi connectivity index (χ2n) is 3.89. The first kappa shape index (κ1) is 13.9. The van der Waals surface area contributed by atoms with Gasteiger partial charge in [-0.25, -0.2) is 4.79 Å². The quantitative estimate of drug-likeness (QED) is 0.564. The Morgan fingerprint density at radius 3 is 2.88 bits per heavy atom. The summed E-state index contributed by atoms with van der Waals surface area (Å²) in [6.07, 6.45) is 0. The van der Waals surface area contributed by atoms with Crippen molar-refractivity contribution in [2.75, 3.05) is 33.4 Å². The van der Waals surface area contributed by atoms with Gasteiger partial charge in [0.2, 0.25) is 5.91 Å². The number of nitrogens with one attached hydrogen (secondary N) is 2. The van der Waals surface area contributed by atoms with E-state index in [1.54, 1.807) is 6.92 Å². The van der Waals surface area contributed by atoms with Crippen LogP contribution >= 0.6 is 0 Å². The van der Waals surface area contributed by atoms with Crippen molar-refractivity contribution in [1.29, 1.82) is 0 Å². The minimum Gasteiger partial charge on any atom is -0.395 e. The number of ether oxygens (including phenoxy) is 1. The lowest BCUT2D eigenvalue weighted by Crippen LogP contribution is -2.57. The number of urea groups is 1. The molecule has 0 aromatic rings. The topological polar surface area (TPSA) is 90.9 Å². The number of hydrogen-bond donors (Lipinski definition) is 3. The first-order valence-corrected chi connectivity index (χ1v) is 5.57. The number of morpholine rings is 1. The van der Waals surface area contributed by atoms with E-state index >= 15 is 0 Å². The van der Waals surface area contributed by atoms with Crippen LogP contribution in [0.4, 0.5) is 4.79 Å². The first-order valence-electron chi connectivity index (χ1n) is 5.57. The summed E-state index contributed by atoms with van der Waals surface area (Å²) in [6, 6.07) is -1.21. The van der Waals surface area contributed by atoms with Crippen LogP contribution in [0.5, 0.6) is 0 Å². The molecule has 2 unspecified atom stereocenters. The Balaban J connectivity index is 2.57. The van der Waals surface area contributed by atoms with Crippen molar-refractivity contribution in [2.45, 2.75) is 19.0 Å². The molecule has 98 valence electrons. The maximum absolute atomic E-state index is 11.7. The number of imide groups is 1. The standard InChI is InChI=1S/C10H19N3O4/c1-7(9(15)12-10(16)11-2)13-3-4-17-6-8(13)5-14/h7-8,14H,3-6H2,1-2H3,(H2,11,12,15,16). The van der Waals surface area contributed by atoms with Gasteiger partial charge in [0.05, 0.1) is 31.9 Å². The second-order valence-corrected chi connectivity index (χ2v) is 3.89. The van der Waals surface area contributed by atoms with Crippen LogP contribution in [0.25, 0.3) is 0 Å². The van der Waals surface area contributed by atoms with Crippen molar-refractivity contribution in [1.82, 2.24) is 15.5 Å². The van der Waals surface area contributed by atoms with Crippen molar-refractivity contribution in [3.8, 4) is 0 Å². The normalized spacial score (nSPS) is 22.9. The van der Waals surface area contributed by atoms with Crippen LogP contribution in [-0.4, -0.2) is 67.4 Å². The molecule has 0 spiro atoms. The maximum Gasteiger partial charge on any atom is 0.321 e. The highest BCUT2D eigenvalue weighted by molar-refractivity contribution is 5.96. The number of carbonyl (C=O) groups is 2. The molecule has 2 atom stereocenters. The number of aliphatic hydroxyl groups excluding tert-OH is 1. The van der Waals surface area contributed by atoms with E-state index in [1.807, 2.05) is 4.90 Å². The fourth-order valence-corrected chi connectivity index (χ4v) is 1.76. The number of amides is 3. The van der Waals surface area contributed by atoms with Crippen LogP contribution in [0.1, 0.15) is 6.92 Å². The number of nitrogens with zero attached hydrogens (tertiary/aromatic N) is 1. The molecular formula is C10H19N3O4. The highest BCUT2D eigenvalue weighted by atomic mass is 16.5. The van der Waals surface area contributed by atoms with Crippen LogP contribution in [0.3, 0.4) is 0 Å². The molecule has 0 aromatic heterocycles. The van der Waals surface area contributed by atoms with Gasteiger partial charge < -0.3 is 15.2 Å². The van der Waals surface area contributed by atoms with Gasteiger partial charge in [-0.2, -0.15) is 0 Å². The first-order chi connectivity index (χ1) is 8.10. The summed E-state index contributed by atoms with van der Waals surface area (Å²) in [4.78, 5) is 24.6. The molecule has 0 aromatic carbocycles. The van der Waals surface area contributed by atoms with E-state index in [4.69, 9.17) is 4.74 Å². The van der Waals surface area contributed by atoms with Crippen molar-refractivity contribution < 1.29 is 19.4 Å². The van der Waals surface area contributed by atoms with Crippen LogP contribution < -0.4 is 10.6 Å². The molecule has 0 aliphatic carbocycles. The predicted octanol–water partition coefficient (Wildman–Crippen LogP) is -1.48. The third kappa shape index (κ3) is 3.65. The summed E-state index contributed by atoms with van der Waals surface area (Å²) < 4.78 is 5.22. The summed E-state index contributed by atoms with van der Waals surface area (Å²) in [6.45, 7) is 3.11. The van der Waals surface area contributed by atoms with E-state index in [1.165, 1.54) is 7.05 Å². The molecule has 7 heteroatoms. The lowest BCUT2D eigenvalue weighted by atomic mass is 10.1. The lowest BCUT2D eigenvalue weighted by Gasteiger charge is -2.37. The number of hydrogen-bond acceptors (Lipinski definition) is 5. The van der Waals surface area contributed by atoms with E-state index in [9.17, 15) is 14.7 Å². The van der Waals surface area contributed by atoms with Gasteiger partial charge in [0.15, 0.2) is 0 Å². The summed E-state index contributed by atoms with van der Waals surface area (Å²) in [5.74, 6) is -0.385. The highest BCUT2D eigenvalue weighted by Crippen LogP contribution is 2.10. The Morgan fingerprint density at radius 2 is 2.29 bits per heavy atom. The van der Waals surface area contributed by atoms with E-state index in [-0.39, 0.29) is 18.6 Å². The Bertz CT molecular complexity index is 285. The maximum atomic E-state index is 11.7. The summed E-state index contributed by atoms with van der Waals surface area (Å²) in [5, 5.41) is 13.7. The molecule has 7 nitrogen and oxygen atoms in total. The van der Waals surface area contributed by atoms with Crippen LogP contribution in [0.2, 0.25) is 0 Å². The van der Waals surface area contributed by atoms with Crippen molar-refractivity contribution >= 4 is 11.9 Å². The summed E-state index contributed by atoms with van der Waals surface area (Å²) in [5.41, 5.74) is 0. The molecule has 1 saturated heterocycles. The molecular weight excluding hydrogens is 226 g/mol. The highest BCUT2D eigenvalue weighted by Gasteiger charge is 2.30. The average Bonchev–Trinajstić information content (AvgIpc) is 2.37. The van der Waals surface area contributed by atoms with Gasteiger partial charge in [0, 0.05) is 13.6 Å². The monoisotopic (exact) mass is 245 g/mol. The molecule has 1 rings (SSSR count). The van der Waals surface area contributed by atoms with Gasteiger partial charge in [-0.05, 0) is 6.92 Å². The number of rotatable bonds is 3. The molecule has 17 heavy (non-hydrogen) atoms. The Labute approximate surface area is 100 Å². The molecule has 1 fully saturated rings. The zero-order chi connectivity index (χ0) is 12.8. The predicted molar refractivity (Wildman–Crippen MR) is 60.5 cm³/mol. The van der Waals surface area contributed by atoms with Gasteiger partial charge in [0.1, 0.15) is 0 Å². The van der Waals surface area contributed by atoms with Crippen molar-refractivity contribution in [2.24, 2.45) is 0 Å². The van der Waals surface area contributed by atoms with Gasteiger partial charge in [-0.3, -0.25) is 15.0 Å². The fourth-order valence-electron chi connectivity index (χ4n) is 1.76. The Hall–Kier alpha value is -1.18. The zero-order valence-electron chi connectivity index (χ0n) is 10.1. The summed E-state index contributed by atoms with van der Waals surface area (Å²) in [7, 11) is 1.44. The second kappa shape index (κ2) is 6.53. The van der Waals surface area contributed by atoms with Crippen molar-refractivity contribution in [3.63, 3.8) is 0 Å². The number of aliphatic hydroxyl groups is 1. The largest absolute Gasteiger partial charge is 0.395 e. The lowest BCUT2D eigenvalue weighted by molar-refractivity contribution is -0.129. The Kier molecular flexibility index (Phi) is 5.33. The third-order valence-electron chi connectivity index (χ3n) is 2.82. The molecule has 1 aliphatic heterocycles. The van der Waals surface area contributed by atoms with Crippen LogP contribution in [0.15, 0.2) is 0 Å². The van der Waals surface area contributed by atoms with Crippen LogP contribution in [0, 0.1) is 0 Å². The molecule has 3 N–H and O–H groups in total. The molecule has 3 amide bonds. The minimum atomic E-state index is -0.532. The summed E-state index contributed by atoms with van der Waals surface area (Å²) >= 11 is 0. The smallest absolute Gasteiger partial charge is 0.321 e. The number of carbonyl (C=O) groups excluding carboxylic acids is 2. The minimum absolute atomic E-state index is 0.0718. The van der Waals surface area contributed by atoms with E-state index in [0.29, 0.717) is 19.8 Å². The van der Waals surface area contributed by atoms with Gasteiger partial charge in [-0.15, -0.1) is 0 Å². The van der Waals surface area contributed by atoms with Crippen molar-refractivity contribution in [3.05, 3.63) is 0 Å². The van der Waals surface area contributed by atoms with E-state index < -0.39 is 12.1 Å². The van der Waals surface area contributed by atoms with Gasteiger partial charge in [-0.1, -0.05) is 0 Å². The van der Waals surface area contributed by atoms with Gasteiger partial charge >= 0.3 is 6.03 Å². The van der Waals surface area contributed by atoms with E-state index in [2.05, 4.69) is 10.6 Å². The van der Waals surface area contributed by atoms with Gasteiger partial charge in [0.25, 0.3) is 0 Å². The average molecular weight is 245 g/mol. The molecule has 1 heterocycles. The fraction of sp³-hybridized carbons (Fsp3) is 0.800. The molecule has 0 radical (unpaired) electrons. The Morgan fingerprint density at radius 1 is 1.59 bits per heavy atom. The SMILES string of the molecule is CNC(=O)NC(=O)C(C)N1CCOCC1CO. The molecule has 0 bridgehead atoms.